The summed E-state index contributed by atoms with van der Waals surface area (Å²) in [5, 5.41) is 8.26. The smallest absolute Gasteiger partial charge is 0.247 e. The van der Waals surface area contributed by atoms with Crippen molar-refractivity contribution in [2.45, 2.75) is 51.1 Å². The van der Waals surface area contributed by atoms with E-state index < -0.39 is 0 Å². The molecule has 2 saturated heterocycles. The van der Waals surface area contributed by atoms with Crippen LogP contribution < -0.4 is 0 Å². The van der Waals surface area contributed by atoms with Gasteiger partial charge in [-0.15, -0.1) is 10.2 Å². The lowest BCUT2D eigenvalue weighted by Crippen LogP contribution is -2.54. The van der Waals surface area contributed by atoms with Crippen molar-refractivity contribution in [1.29, 1.82) is 0 Å². The van der Waals surface area contributed by atoms with E-state index in [0.717, 1.165) is 45.3 Å². The van der Waals surface area contributed by atoms with Crippen LogP contribution in [-0.2, 0) is 11.3 Å². The van der Waals surface area contributed by atoms with Crippen molar-refractivity contribution < 1.29 is 13.6 Å². The van der Waals surface area contributed by atoms with Crippen molar-refractivity contribution in [1.82, 2.24) is 20.0 Å². The van der Waals surface area contributed by atoms with Gasteiger partial charge in [0.2, 0.25) is 17.7 Å². The predicted molar refractivity (Wildman–Crippen MR) is 101 cm³/mol. The zero-order valence-electron chi connectivity index (χ0n) is 15.9. The lowest BCUT2D eigenvalue weighted by Gasteiger charge is -2.48. The fraction of sp³-hybridized carbons (Fsp3) is 0.571. The molecule has 1 aromatic carbocycles. The SMILES string of the molecule is O=C1CCC2(CCCN(Cc3nnc(-c4cccc(F)c4)o3)C2)CN1C1CC1. The lowest BCUT2D eigenvalue weighted by molar-refractivity contribution is -0.140. The highest BCUT2D eigenvalue weighted by Crippen LogP contribution is 2.42. The minimum Gasteiger partial charge on any atom is -0.419 e. The van der Waals surface area contributed by atoms with Gasteiger partial charge >= 0.3 is 0 Å². The summed E-state index contributed by atoms with van der Waals surface area (Å²) in [5.74, 6) is 0.927. The van der Waals surface area contributed by atoms with Crippen molar-refractivity contribution in [2.75, 3.05) is 19.6 Å². The van der Waals surface area contributed by atoms with Crippen LogP contribution in [0.5, 0.6) is 0 Å². The Hall–Kier alpha value is -2.28. The fourth-order valence-electron chi connectivity index (χ4n) is 4.79. The van der Waals surface area contributed by atoms with E-state index in [1.54, 1.807) is 12.1 Å². The summed E-state index contributed by atoms with van der Waals surface area (Å²) < 4.78 is 19.2. The van der Waals surface area contributed by atoms with Gasteiger partial charge in [0, 0.05) is 36.5 Å². The molecule has 28 heavy (non-hydrogen) atoms. The number of benzene rings is 1. The van der Waals surface area contributed by atoms with Crippen molar-refractivity contribution in [3.05, 3.63) is 36.0 Å². The molecule has 0 N–H and O–H groups in total. The molecule has 1 aliphatic carbocycles. The van der Waals surface area contributed by atoms with Crippen LogP contribution in [0.1, 0.15) is 44.4 Å². The van der Waals surface area contributed by atoms with Gasteiger partial charge in [0.15, 0.2) is 0 Å². The van der Waals surface area contributed by atoms with Gasteiger partial charge in [0.25, 0.3) is 0 Å². The lowest BCUT2D eigenvalue weighted by atomic mass is 9.73. The standard InChI is InChI=1S/C21H25FN4O2/c22-16-4-1-3-15(11-16)20-24-23-18(28-20)12-25-10-2-8-21(13-25)9-7-19(27)26(14-21)17-5-6-17/h1,3-4,11,17H,2,5-10,12-14H2. The molecule has 1 saturated carbocycles. The number of aromatic nitrogens is 2. The van der Waals surface area contributed by atoms with E-state index in [1.807, 2.05) is 0 Å². The third-order valence-electron chi connectivity index (χ3n) is 6.32. The number of halogens is 1. The van der Waals surface area contributed by atoms with Crippen LogP contribution in [0, 0.1) is 11.2 Å². The summed E-state index contributed by atoms with van der Waals surface area (Å²) in [7, 11) is 0. The van der Waals surface area contributed by atoms with E-state index >= 15 is 0 Å². The molecule has 3 heterocycles. The average molecular weight is 384 g/mol. The quantitative estimate of drug-likeness (QED) is 0.810. The number of hydrogen-bond acceptors (Lipinski definition) is 5. The Morgan fingerprint density at radius 1 is 1.21 bits per heavy atom. The Kier molecular flexibility index (Phi) is 4.42. The predicted octanol–water partition coefficient (Wildman–Crippen LogP) is 3.24. The number of hydrogen-bond donors (Lipinski definition) is 0. The molecular formula is C21H25FN4O2. The molecule has 0 bridgehead atoms. The highest BCUT2D eigenvalue weighted by atomic mass is 19.1. The average Bonchev–Trinajstić information content (AvgIpc) is 3.43. The molecule has 0 radical (unpaired) electrons. The van der Waals surface area contributed by atoms with Crippen molar-refractivity contribution in [2.24, 2.45) is 5.41 Å². The molecule has 1 amide bonds. The maximum atomic E-state index is 13.4. The van der Waals surface area contributed by atoms with Crippen LogP contribution in [-0.4, -0.2) is 51.6 Å². The van der Waals surface area contributed by atoms with Crippen LogP contribution in [0.2, 0.25) is 0 Å². The molecule has 1 atom stereocenters. The number of nitrogens with zero attached hydrogens (tertiary/aromatic N) is 4. The Morgan fingerprint density at radius 2 is 2.11 bits per heavy atom. The van der Waals surface area contributed by atoms with Crippen LogP contribution in [0.25, 0.3) is 11.5 Å². The van der Waals surface area contributed by atoms with Crippen LogP contribution in [0.15, 0.2) is 28.7 Å². The molecule has 6 nitrogen and oxygen atoms in total. The van der Waals surface area contributed by atoms with Crippen LogP contribution in [0.4, 0.5) is 4.39 Å². The first-order valence-corrected chi connectivity index (χ1v) is 10.2. The number of carbonyl (C=O) groups excluding carboxylic acids is 1. The second kappa shape index (κ2) is 6.95. The number of amides is 1. The maximum absolute atomic E-state index is 13.4. The largest absolute Gasteiger partial charge is 0.419 e. The van der Waals surface area contributed by atoms with E-state index in [-0.39, 0.29) is 11.2 Å². The van der Waals surface area contributed by atoms with Gasteiger partial charge in [-0.1, -0.05) is 6.07 Å². The van der Waals surface area contributed by atoms with E-state index in [9.17, 15) is 9.18 Å². The second-order valence-electron chi connectivity index (χ2n) is 8.58. The number of carbonyl (C=O) groups is 1. The van der Waals surface area contributed by atoms with Gasteiger partial charge in [-0.05, 0) is 56.8 Å². The van der Waals surface area contributed by atoms with Crippen molar-refractivity contribution >= 4 is 5.91 Å². The normalized spacial score (nSPS) is 26.2. The molecular weight excluding hydrogens is 359 g/mol. The third-order valence-corrected chi connectivity index (χ3v) is 6.32. The topological polar surface area (TPSA) is 62.5 Å². The third kappa shape index (κ3) is 3.55. The zero-order chi connectivity index (χ0) is 19.1. The highest BCUT2D eigenvalue weighted by molar-refractivity contribution is 5.78. The number of likely N-dealkylation sites (tertiary alicyclic amines) is 2. The molecule has 1 unspecified atom stereocenters. The zero-order valence-corrected chi connectivity index (χ0v) is 15.9. The summed E-state index contributed by atoms with van der Waals surface area (Å²) >= 11 is 0. The van der Waals surface area contributed by atoms with Gasteiger partial charge in [-0.25, -0.2) is 4.39 Å². The molecule has 7 heteroatoms. The van der Waals surface area contributed by atoms with Gasteiger partial charge < -0.3 is 9.32 Å². The molecule has 1 spiro atoms. The van der Waals surface area contributed by atoms with Gasteiger partial charge in [-0.2, -0.15) is 0 Å². The Bertz CT molecular complexity index is 881. The summed E-state index contributed by atoms with van der Waals surface area (Å²) in [6, 6.07) is 6.69. The molecule has 2 aliphatic heterocycles. The first-order chi connectivity index (χ1) is 13.6. The second-order valence-corrected chi connectivity index (χ2v) is 8.58. The van der Waals surface area contributed by atoms with Crippen molar-refractivity contribution in [3.8, 4) is 11.5 Å². The van der Waals surface area contributed by atoms with Gasteiger partial charge in [0.1, 0.15) is 5.82 Å². The first kappa shape index (κ1) is 17.8. The number of piperidine rings is 2. The summed E-state index contributed by atoms with van der Waals surface area (Å²) in [5.41, 5.74) is 0.792. The molecule has 3 fully saturated rings. The van der Waals surface area contributed by atoms with Crippen molar-refractivity contribution in [3.63, 3.8) is 0 Å². The monoisotopic (exact) mass is 384 g/mol. The molecule has 2 aromatic rings. The van der Waals surface area contributed by atoms with E-state index in [0.29, 0.717) is 42.3 Å². The minimum absolute atomic E-state index is 0.195. The molecule has 3 aliphatic rings. The maximum Gasteiger partial charge on any atom is 0.247 e. The molecule has 1 aromatic heterocycles. The molecule has 148 valence electrons. The highest BCUT2D eigenvalue weighted by Gasteiger charge is 2.45. The summed E-state index contributed by atoms with van der Waals surface area (Å²) in [6.45, 7) is 3.45. The summed E-state index contributed by atoms with van der Waals surface area (Å²) in [6.07, 6.45) is 6.28. The summed E-state index contributed by atoms with van der Waals surface area (Å²) in [4.78, 5) is 16.8. The van der Waals surface area contributed by atoms with E-state index in [1.165, 1.54) is 18.6 Å². The van der Waals surface area contributed by atoms with Crippen LogP contribution >= 0.6 is 0 Å². The Labute approximate surface area is 163 Å². The van der Waals surface area contributed by atoms with E-state index in [4.69, 9.17) is 4.42 Å². The number of rotatable bonds is 4. The van der Waals surface area contributed by atoms with Gasteiger partial charge in [0.05, 0.1) is 6.54 Å². The van der Waals surface area contributed by atoms with Gasteiger partial charge in [-0.3, -0.25) is 9.69 Å². The van der Waals surface area contributed by atoms with Crippen LogP contribution in [0.3, 0.4) is 0 Å². The minimum atomic E-state index is -0.317. The van der Waals surface area contributed by atoms with E-state index in [2.05, 4.69) is 20.0 Å². The molecule has 5 rings (SSSR count). The Balaban J connectivity index is 1.27. The Morgan fingerprint density at radius 3 is 2.93 bits per heavy atom. The first-order valence-electron chi connectivity index (χ1n) is 10.2. The fourth-order valence-corrected chi connectivity index (χ4v) is 4.79.